The third kappa shape index (κ3) is 4.59. The van der Waals surface area contributed by atoms with Crippen molar-refractivity contribution in [3.8, 4) is 0 Å². The van der Waals surface area contributed by atoms with Crippen LogP contribution in [0.5, 0.6) is 0 Å². The highest BCUT2D eigenvalue weighted by molar-refractivity contribution is 7.90. The number of carbonyl (C=O) groups is 1. The molecule has 0 spiro atoms. The summed E-state index contributed by atoms with van der Waals surface area (Å²) >= 11 is 11.5. The summed E-state index contributed by atoms with van der Waals surface area (Å²) in [5.41, 5.74) is 0.687. The van der Waals surface area contributed by atoms with Crippen LogP contribution in [0.25, 0.3) is 6.08 Å². The molecule has 0 aliphatic heterocycles. The second-order valence-electron chi connectivity index (χ2n) is 4.31. The Morgan fingerprint density at radius 2 is 1.68 bits per heavy atom. The van der Waals surface area contributed by atoms with Crippen LogP contribution in [0.1, 0.15) is 5.56 Å². The number of sulfonamides is 1. The molecule has 114 valence electrons. The van der Waals surface area contributed by atoms with E-state index in [-0.39, 0.29) is 4.90 Å². The lowest BCUT2D eigenvalue weighted by molar-refractivity contribution is -0.114. The molecule has 2 rings (SSSR count). The van der Waals surface area contributed by atoms with Gasteiger partial charge in [-0.3, -0.25) is 4.79 Å². The van der Waals surface area contributed by atoms with Crippen molar-refractivity contribution in [3.05, 3.63) is 70.2 Å². The lowest BCUT2D eigenvalue weighted by Gasteiger charge is -2.04. The van der Waals surface area contributed by atoms with Crippen molar-refractivity contribution in [2.24, 2.45) is 0 Å². The summed E-state index contributed by atoms with van der Waals surface area (Å²) in [4.78, 5) is 11.7. The first-order valence-electron chi connectivity index (χ1n) is 6.13. The molecule has 0 saturated carbocycles. The molecule has 0 unspecified atom stereocenters. The first-order chi connectivity index (χ1) is 10.4. The number of halogens is 2. The van der Waals surface area contributed by atoms with Crippen LogP contribution in [0.3, 0.4) is 0 Å². The molecule has 0 heterocycles. The second-order valence-corrected chi connectivity index (χ2v) is 6.87. The van der Waals surface area contributed by atoms with Gasteiger partial charge in [-0.1, -0.05) is 35.3 Å². The predicted molar refractivity (Wildman–Crippen MR) is 87.3 cm³/mol. The largest absolute Gasteiger partial charge is 0.269 e. The van der Waals surface area contributed by atoms with E-state index in [0.29, 0.717) is 15.6 Å². The fourth-order valence-corrected chi connectivity index (χ4v) is 2.89. The van der Waals surface area contributed by atoms with Gasteiger partial charge >= 0.3 is 0 Å². The van der Waals surface area contributed by atoms with Gasteiger partial charge in [0.05, 0.1) is 4.90 Å². The Bertz CT molecular complexity index is 815. The highest BCUT2D eigenvalue weighted by Gasteiger charge is 2.15. The Labute approximate surface area is 138 Å². The van der Waals surface area contributed by atoms with Gasteiger partial charge < -0.3 is 0 Å². The number of hydrogen-bond acceptors (Lipinski definition) is 3. The van der Waals surface area contributed by atoms with Crippen LogP contribution >= 0.6 is 23.2 Å². The van der Waals surface area contributed by atoms with E-state index >= 15 is 0 Å². The number of rotatable bonds is 4. The van der Waals surface area contributed by atoms with Gasteiger partial charge in [0, 0.05) is 16.1 Å². The minimum absolute atomic E-state index is 0.0404. The van der Waals surface area contributed by atoms with E-state index in [4.69, 9.17) is 23.2 Å². The molecular formula is C15H11Cl2NO3S. The molecule has 0 saturated heterocycles. The highest BCUT2D eigenvalue weighted by atomic mass is 35.5. The molecule has 0 aliphatic carbocycles. The standard InChI is InChI=1S/C15H11Cl2NO3S/c16-12-5-7-14(8-6-12)22(20,21)18-15(19)9-4-11-2-1-3-13(17)10-11/h1-10H,(H,18,19)/b9-4+. The lowest BCUT2D eigenvalue weighted by atomic mass is 10.2. The minimum atomic E-state index is -3.92. The topological polar surface area (TPSA) is 63.2 Å². The van der Waals surface area contributed by atoms with Crippen molar-refractivity contribution in [2.75, 3.05) is 0 Å². The highest BCUT2D eigenvalue weighted by Crippen LogP contribution is 2.14. The van der Waals surface area contributed by atoms with Gasteiger partial charge in [-0.15, -0.1) is 0 Å². The van der Waals surface area contributed by atoms with E-state index in [2.05, 4.69) is 0 Å². The van der Waals surface area contributed by atoms with E-state index < -0.39 is 15.9 Å². The number of amides is 1. The molecule has 0 aliphatic rings. The quantitative estimate of drug-likeness (QED) is 0.853. The average Bonchev–Trinajstić information content (AvgIpc) is 2.45. The summed E-state index contributed by atoms with van der Waals surface area (Å²) in [5, 5.41) is 0.933. The third-order valence-corrected chi connectivity index (χ3v) is 4.48. The average molecular weight is 356 g/mol. The normalized spacial score (nSPS) is 11.5. The van der Waals surface area contributed by atoms with E-state index in [1.165, 1.54) is 30.3 Å². The number of nitrogens with one attached hydrogen (secondary N) is 1. The SMILES string of the molecule is O=C(/C=C/c1cccc(Cl)c1)NS(=O)(=O)c1ccc(Cl)cc1. The van der Waals surface area contributed by atoms with Crippen molar-refractivity contribution in [3.63, 3.8) is 0 Å². The van der Waals surface area contributed by atoms with E-state index in [9.17, 15) is 13.2 Å². The Morgan fingerprint density at radius 1 is 1.00 bits per heavy atom. The summed E-state index contributed by atoms with van der Waals surface area (Å²) < 4.78 is 25.9. The molecule has 0 atom stereocenters. The van der Waals surface area contributed by atoms with E-state index in [1.54, 1.807) is 24.3 Å². The molecule has 7 heteroatoms. The first kappa shape index (κ1) is 16.5. The van der Waals surface area contributed by atoms with Crippen molar-refractivity contribution in [1.29, 1.82) is 0 Å². The molecule has 0 bridgehead atoms. The van der Waals surface area contributed by atoms with Gasteiger partial charge in [0.25, 0.3) is 15.9 Å². The summed E-state index contributed by atoms with van der Waals surface area (Å²) in [6, 6.07) is 12.3. The fourth-order valence-electron chi connectivity index (χ4n) is 1.62. The van der Waals surface area contributed by atoms with Crippen LogP contribution in [0.4, 0.5) is 0 Å². The monoisotopic (exact) mass is 355 g/mol. The zero-order chi connectivity index (χ0) is 16.2. The first-order valence-corrected chi connectivity index (χ1v) is 8.37. The third-order valence-electron chi connectivity index (χ3n) is 2.63. The zero-order valence-corrected chi connectivity index (χ0v) is 13.5. The van der Waals surface area contributed by atoms with Crippen LogP contribution in [0.15, 0.2) is 59.5 Å². The number of carbonyl (C=O) groups excluding carboxylic acids is 1. The van der Waals surface area contributed by atoms with Crippen molar-refractivity contribution < 1.29 is 13.2 Å². The van der Waals surface area contributed by atoms with E-state index in [1.807, 2.05) is 4.72 Å². The van der Waals surface area contributed by atoms with Crippen LogP contribution in [-0.4, -0.2) is 14.3 Å². The van der Waals surface area contributed by atoms with Crippen molar-refractivity contribution in [2.45, 2.75) is 4.90 Å². The van der Waals surface area contributed by atoms with Gasteiger partial charge in [-0.05, 0) is 48.0 Å². The summed E-state index contributed by atoms with van der Waals surface area (Å²) in [5.74, 6) is -0.755. The summed E-state index contributed by atoms with van der Waals surface area (Å²) in [6.45, 7) is 0. The van der Waals surface area contributed by atoms with E-state index in [0.717, 1.165) is 6.08 Å². The molecular weight excluding hydrogens is 345 g/mol. The molecule has 2 aromatic rings. The van der Waals surface area contributed by atoms with Gasteiger partial charge in [0.1, 0.15) is 0 Å². The Kier molecular flexibility index (Phi) is 5.24. The maximum atomic E-state index is 12.0. The molecule has 22 heavy (non-hydrogen) atoms. The maximum absolute atomic E-state index is 12.0. The predicted octanol–water partition coefficient (Wildman–Crippen LogP) is 3.51. The van der Waals surface area contributed by atoms with Crippen LogP contribution < -0.4 is 4.72 Å². The molecule has 0 aromatic heterocycles. The Hall–Kier alpha value is -1.82. The van der Waals surface area contributed by atoms with Gasteiger partial charge in [0.15, 0.2) is 0 Å². The number of benzene rings is 2. The second kappa shape index (κ2) is 6.96. The van der Waals surface area contributed by atoms with Gasteiger partial charge in [0.2, 0.25) is 0 Å². The lowest BCUT2D eigenvalue weighted by Crippen LogP contribution is -2.28. The van der Waals surface area contributed by atoms with Gasteiger partial charge in [-0.25, -0.2) is 13.1 Å². The molecule has 1 N–H and O–H groups in total. The van der Waals surface area contributed by atoms with Crippen molar-refractivity contribution >= 4 is 45.2 Å². The van der Waals surface area contributed by atoms with Gasteiger partial charge in [-0.2, -0.15) is 0 Å². The zero-order valence-electron chi connectivity index (χ0n) is 11.2. The smallest absolute Gasteiger partial charge is 0.264 e. The Balaban J connectivity index is 2.09. The maximum Gasteiger partial charge on any atom is 0.264 e. The van der Waals surface area contributed by atoms with Crippen molar-refractivity contribution in [1.82, 2.24) is 4.72 Å². The molecule has 0 fully saturated rings. The Morgan fingerprint density at radius 3 is 2.32 bits per heavy atom. The summed E-state index contributed by atoms with van der Waals surface area (Å²) in [7, 11) is -3.92. The molecule has 1 amide bonds. The summed E-state index contributed by atoms with van der Waals surface area (Å²) in [6.07, 6.45) is 2.59. The minimum Gasteiger partial charge on any atom is -0.269 e. The van der Waals surface area contributed by atoms with Crippen LogP contribution in [-0.2, 0) is 14.8 Å². The van der Waals surface area contributed by atoms with Crippen LogP contribution in [0, 0.1) is 0 Å². The van der Waals surface area contributed by atoms with Crippen LogP contribution in [0.2, 0.25) is 10.0 Å². The molecule has 4 nitrogen and oxygen atoms in total. The molecule has 0 radical (unpaired) electrons. The number of hydrogen-bond donors (Lipinski definition) is 1. The fraction of sp³-hybridized carbons (Fsp3) is 0. The molecule has 2 aromatic carbocycles.